The number of hydrogen-bond donors (Lipinski definition) is 1. The molecule has 16 heavy (non-hydrogen) atoms. The Kier molecular flexibility index (Phi) is 2.76. The lowest BCUT2D eigenvalue weighted by Crippen LogP contribution is -1.86. The van der Waals surface area contributed by atoms with E-state index in [9.17, 15) is 0 Å². The molecule has 0 saturated carbocycles. The van der Waals surface area contributed by atoms with Crippen molar-refractivity contribution in [2.75, 3.05) is 5.73 Å². The molecule has 1 aromatic carbocycles. The summed E-state index contributed by atoms with van der Waals surface area (Å²) in [4.78, 5) is 7.35. The number of halogens is 1. The van der Waals surface area contributed by atoms with Crippen LogP contribution in [0.2, 0.25) is 5.15 Å². The van der Waals surface area contributed by atoms with Crippen LogP contribution in [0.25, 0.3) is 16.0 Å². The Hall–Kier alpha value is -2.05. The predicted octanol–water partition coefficient (Wildman–Crippen LogP) is 3.53. The van der Waals surface area contributed by atoms with E-state index in [2.05, 4.69) is 9.83 Å². The molecule has 0 aliphatic heterocycles. The number of hydrogen-bond acceptors (Lipinski definition) is 2. The lowest BCUT2D eigenvalue weighted by Gasteiger charge is -2.05. The van der Waals surface area contributed by atoms with Crippen molar-refractivity contribution in [3.63, 3.8) is 0 Å². The van der Waals surface area contributed by atoms with Gasteiger partial charge in [-0.2, -0.15) is 0 Å². The van der Waals surface area contributed by atoms with Crippen LogP contribution in [0.5, 0.6) is 0 Å². The SMILES string of the molecule is [C-]#[N+]c1ccc(N)cc1-c1ccnc(Cl)c1. The summed E-state index contributed by atoms with van der Waals surface area (Å²) in [5.41, 5.74) is 8.50. The Balaban J connectivity index is 2.64. The summed E-state index contributed by atoms with van der Waals surface area (Å²) in [5.74, 6) is 0. The van der Waals surface area contributed by atoms with Gasteiger partial charge >= 0.3 is 0 Å². The van der Waals surface area contributed by atoms with Crippen molar-refractivity contribution in [2.24, 2.45) is 0 Å². The molecule has 2 rings (SSSR count). The van der Waals surface area contributed by atoms with Gasteiger partial charge in [-0.3, -0.25) is 0 Å². The monoisotopic (exact) mass is 229 g/mol. The average Bonchev–Trinajstić information content (AvgIpc) is 2.29. The number of nitrogen functional groups attached to an aromatic ring is 1. The van der Waals surface area contributed by atoms with Crippen LogP contribution in [0, 0.1) is 6.57 Å². The average molecular weight is 230 g/mol. The van der Waals surface area contributed by atoms with Crippen molar-refractivity contribution in [3.05, 3.63) is 53.1 Å². The molecule has 4 heteroatoms. The first-order chi connectivity index (χ1) is 7.70. The maximum Gasteiger partial charge on any atom is 0.195 e. The van der Waals surface area contributed by atoms with Crippen molar-refractivity contribution in [1.29, 1.82) is 0 Å². The molecule has 0 spiro atoms. The van der Waals surface area contributed by atoms with Crippen molar-refractivity contribution < 1.29 is 0 Å². The van der Waals surface area contributed by atoms with E-state index in [1.165, 1.54) is 0 Å². The van der Waals surface area contributed by atoms with E-state index in [1.807, 2.05) is 0 Å². The smallest absolute Gasteiger partial charge is 0.195 e. The summed E-state index contributed by atoms with van der Waals surface area (Å²) in [6.07, 6.45) is 1.61. The van der Waals surface area contributed by atoms with E-state index in [0.29, 0.717) is 16.5 Å². The van der Waals surface area contributed by atoms with Gasteiger partial charge < -0.3 is 5.73 Å². The highest BCUT2D eigenvalue weighted by molar-refractivity contribution is 6.29. The fourth-order valence-electron chi connectivity index (χ4n) is 1.45. The molecular formula is C12H8ClN3. The summed E-state index contributed by atoms with van der Waals surface area (Å²) < 4.78 is 0. The molecule has 78 valence electrons. The molecule has 0 aliphatic rings. The Morgan fingerprint density at radius 2 is 2.06 bits per heavy atom. The van der Waals surface area contributed by atoms with Gasteiger partial charge in [-0.25, -0.2) is 9.83 Å². The Bertz CT molecular complexity index is 573. The standard InChI is InChI=1S/C12H8ClN3/c1-15-11-3-2-9(14)7-10(11)8-4-5-16-12(13)6-8/h2-7H,14H2. The number of nitrogens with two attached hydrogens (primary N) is 1. The molecular weight excluding hydrogens is 222 g/mol. The van der Waals surface area contributed by atoms with Crippen molar-refractivity contribution in [1.82, 2.24) is 4.98 Å². The van der Waals surface area contributed by atoms with Gasteiger partial charge in [0.15, 0.2) is 5.69 Å². The van der Waals surface area contributed by atoms with Gasteiger partial charge in [-0.1, -0.05) is 17.7 Å². The lowest BCUT2D eigenvalue weighted by atomic mass is 10.0. The van der Waals surface area contributed by atoms with Crippen molar-refractivity contribution >= 4 is 23.0 Å². The minimum Gasteiger partial charge on any atom is -0.399 e. The minimum absolute atomic E-state index is 0.399. The van der Waals surface area contributed by atoms with Gasteiger partial charge in [0.2, 0.25) is 0 Å². The Morgan fingerprint density at radius 3 is 2.75 bits per heavy atom. The summed E-state index contributed by atoms with van der Waals surface area (Å²) in [6, 6.07) is 8.69. The van der Waals surface area contributed by atoms with Crippen molar-refractivity contribution in [3.8, 4) is 11.1 Å². The summed E-state index contributed by atoms with van der Waals surface area (Å²) in [5, 5.41) is 0.399. The van der Waals surface area contributed by atoms with Crippen LogP contribution in [0.15, 0.2) is 36.5 Å². The number of rotatable bonds is 1. The minimum atomic E-state index is 0.399. The summed E-state index contributed by atoms with van der Waals surface area (Å²) in [6.45, 7) is 7.09. The van der Waals surface area contributed by atoms with Crippen molar-refractivity contribution in [2.45, 2.75) is 0 Å². The number of benzene rings is 1. The molecule has 0 saturated heterocycles. The van der Waals surface area contributed by atoms with E-state index >= 15 is 0 Å². The van der Waals surface area contributed by atoms with Crippen LogP contribution in [-0.4, -0.2) is 4.98 Å². The third-order valence-corrected chi connectivity index (χ3v) is 2.39. The highest BCUT2D eigenvalue weighted by atomic mass is 35.5. The van der Waals surface area contributed by atoms with Crippen LogP contribution >= 0.6 is 11.6 Å². The third-order valence-electron chi connectivity index (χ3n) is 2.18. The summed E-state index contributed by atoms with van der Waals surface area (Å²) >= 11 is 5.81. The first kappa shape index (κ1) is 10.5. The van der Waals surface area contributed by atoms with E-state index in [4.69, 9.17) is 23.9 Å². The van der Waals surface area contributed by atoms with Gasteiger partial charge in [0.05, 0.1) is 6.57 Å². The normalized spacial score (nSPS) is 9.75. The van der Waals surface area contributed by atoms with Crippen LogP contribution in [-0.2, 0) is 0 Å². The number of pyridine rings is 1. The fourth-order valence-corrected chi connectivity index (χ4v) is 1.63. The van der Waals surface area contributed by atoms with Crippen LogP contribution in [0.4, 0.5) is 11.4 Å². The maximum atomic E-state index is 7.09. The first-order valence-electron chi connectivity index (χ1n) is 4.59. The summed E-state index contributed by atoms with van der Waals surface area (Å²) in [7, 11) is 0. The maximum absolute atomic E-state index is 7.09. The number of nitrogens with zero attached hydrogens (tertiary/aromatic N) is 2. The van der Waals surface area contributed by atoms with Crippen LogP contribution < -0.4 is 5.73 Å². The molecule has 3 nitrogen and oxygen atoms in total. The largest absolute Gasteiger partial charge is 0.399 e. The van der Waals surface area contributed by atoms with Crippen LogP contribution in [0.1, 0.15) is 0 Å². The predicted molar refractivity (Wildman–Crippen MR) is 65.4 cm³/mol. The Morgan fingerprint density at radius 1 is 1.25 bits per heavy atom. The molecule has 2 aromatic rings. The topological polar surface area (TPSA) is 43.3 Å². The second-order valence-corrected chi connectivity index (χ2v) is 3.64. The zero-order valence-electron chi connectivity index (χ0n) is 8.31. The van der Waals surface area contributed by atoms with E-state index in [1.54, 1.807) is 36.5 Å². The quantitative estimate of drug-likeness (QED) is 0.462. The molecule has 0 bridgehead atoms. The molecule has 2 N–H and O–H groups in total. The lowest BCUT2D eigenvalue weighted by molar-refractivity contribution is 1.33. The van der Waals surface area contributed by atoms with Gasteiger partial charge in [0.1, 0.15) is 5.15 Å². The molecule has 0 atom stereocenters. The van der Waals surface area contributed by atoms with Gasteiger partial charge in [0, 0.05) is 11.9 Å². The molecule has 0 aliphatic carbocycles. The number of anilines is 1. The highest BCUT2D eigenvalue weighted by Crippen LogP contribution is 2.32. The zero-order chi connectivity index (χ0) is 11.5. The molecule has 0 radical (unpaired) electrons. The number of aromatic nitrogens is 1. The molecule has 0 amide bonds. The van der Waals surface area contributed by atoms with Gasteiger partial charge in [-0.05, 0) is 35.4 Å². The van der Waals surface area contributed by atoms with E-state index < -0.39 is 0 Å². The fraction of sp³-hybridized carbons (Fsp3) is 0. The van der Waals surface area contributed by atoms with E-state index in [0.717, 1.165) is 11.1 Å². The molecule has 0 unspecified atom stereocenters. The zero-order valence-corrected chi connectivity index (χ0v) is 9.07. The molecule has 1 aromatic heterocycles. The second kappa shape index (κ2) is 4.21. The first-order valence-corrected chi connectivity index (χ1v) is 4.97. The van der Waals surface area contributed by atoms with Gasteiger partial charge in [-0.15, -0.1) is 0 Å². The van der Waals surface area contributed by atoms with E-state index in [-0.39, 0.29) is 0 Å². The molecule has 1 heterocycles. The van der Waals surface area contributed by atoms with Crippen LogP contribution in [0.3, 0.4) is 0 Å². The second-order valence-electron chi connectivity index (χ2n) is 3.26. The highest BCUT2D eigenvalue weighted by Gasteiger charge is 2.06. The van der Waals surface area contributed by atoms with Gasteiger partial charge in [0.25, 0.3) is 0 Å². The Labute approximate surface area is 98.3 Å². The molecule has 0 fully saturated rings. The third kappa shape index (κ3) is 1.97.